The van der Waals surface area contributed by atoms with Crippen molar-refractivity contribution in [2.45, 2.75) is 38.6 Å². The van der Waals surface area contributed by atoms with Gasteiger partial charge in [0.15, 0.2) is 5.78 Å². The summed E-state index contributed by atoms with van der Waals surface area (Å²) in [5.74, 6) is 0.478. The Morgan fingerprint density at radius 1 is 1.04 bits per heavy atom. The third-order valence-corrected chi connectivity index (χ3v) is 5.63. The Morgan fingerprint density at radius 2 is 1.71 bits per heavy atom. The highest BCUT2D eigenvalue weighted by atomic mass is 35.5. The summed E-state index contributed by atoms with van der Waals surface area (Å²) in [4.78, 5) is 28.6. The van der Waals surface area contributed by atoms with Gasteiger partial charge in [-0.3, -0.25) is 14.5 Å². The molecule has 1 atom stereocenters. The molecule has 0 bridgehead atoms. The Balaban J connectivity index is 1.59. The van der Waals surface area contributed by atoms with Crippen LogP contribution in [-0.4, -0.2) is 53.7 Å². The predicted octanol–water partition coefficient (Wildman–Crippen LogP) is 3.25. The molecule has 0 aromatic heterocycles. The maximum atomic E-state index is 12.8. The summed E-state index contributed by atoms with van der Waals surface area (Å²) in [5.41, 5.74) is 0.762. The molecule has 2 saturated heterocycles. The zero-order chi connectivity index (χ0) is 17.1. The largest absolute Gasteiger partial charge is 0.343 e. The number of rotatable bonds is 3. The molecule has 0 aliphatic carbocycles. The summed E-state index contributed by atoms with van der Waals surface area (Å²) in [6.07, 6.45) is 4.06. The average molecular weight is 349 g/mol. The van der Waals surface area contributed by atoms with Crippen molar-refractivity contribution in [1.82, 2.24) is 9.80 Å². The van der Waals surface area contributed by atoms with Crippen molar-refractivity contribution in [1.29, 1.82) is 0 Å². The van der Waals surface area contributed by atoms with Crippen LogP contribution in [0.4, 0.5) is 0 Å². The second kappa shape index (κ2) is 7.66. The third kappa shape index (κ3) is 3.98. The first-order valence-corrected chi connectivity index (χ1v) is 9.21. The highest BCUT2D eigenvalue weighted by Crippen LogP contribution is 2.26. The van der Waals surface area contributed by atoms with Gasteiger partial charge in [0.25, 0.3) is 0 Å². The second-order valence-electron chi connectivity index (χ2n) is 6.94. The lowest BCUT2D eigenvalue weighted by molar-refractivity contribution is -0.130. The van der Waals surface area contributed by atoms with E-state index in [0.29, 0.717) is 11.1 Å². The van der Waals surface area contributed by atoms with Crippen LogP contribution in [-0.2, 0) is 4.79 Å². The van der Waals surface area contributed by atoms with Gasteiger partial charge >= 0.3 is 0 Å². The fraction of sp³-hybridized carbons (Fsp3) is 0.579. The van der Waals surface area contributed by atoms with Gasteiger partial charge in [0.05, 0.1) is 0 Å². The van der Waals surface area contributed by atoms with E-state index in [0.717, 1.165) is 57.4 Å². The zero-order valence-corrected chi connectivity index (χ0v) is 15.0. The van der Waals surface area contributed by atoms with E-state index in [9.17, 15) is 9.59 Å². The van der Waals surface area contributed by atoms with Crippen LogP contribution in [0, 0.1) is 5.92 Å². The number of carbonyl (C=O) groups is 2. The molecule has 1 amide bonds. The molecule has 2 heterocycles. The fourth-order valence-electron chi connectivity index (χ4n) is 3.95. The minimum atomic E-state index is 0.0748. The molecule has 0 saturated carbocycles. The number of piperidine rings is 2. The Hall–Kier alpha value is -1.39. The van der Waals surface area contributed by atoms with Crippen molar-refractivity contribution in [2.75, 3.05) is 26.2 Å². The Labute approximate surface area is 148 Å². The standard InChI is InChI=1S/C19H25ClN2O2/c1-14(23)21-11-8-18(9-12-21)22-10-2-3-16(13-22)19(24)15-4-6-17(20)7-5-15/h4-7,16,18H,2-3,8-13H2,1H3/t16-/m1/s1. The summed E-state index contributed by atoms with van der Waals surface area (Å²) >= 11 is 5.91. The van der Waals surface area contributed by atoms with E-state index in [1.807, 2.05) is 17.0 Å². The number of halogens is 1. The Morgan fingerprint density at radius 3 is 2.33 bits per heavy atom. The molecule has 0 N–H and O–H groups in total. The Bertz CT molecular complexity index is 594. The molecular weight excluding hydrogens is 324 g/mol. The quantitative estimate of drug-likeness (QED) is 0.787. The van der Waals surface area contributed by atoms with Crippen molar-refractivity contribution < 1.29 is 9.59 Å². The van der Waals surface area contributed by atoms with Crippen LogP contribution in [0.5, 0.6) is 0 Å². The van der Waals surface area contributed by atoms with Crippen LogP contribution < -0.4 is 0 Å². The van der Waals surface area contributed by atoms with Gasteiger partial charge in [-0.1, -0.05) is 11.6 Å². The smallest absolute Gasteiger partial charge is 0.219 e. The number of nitrogens with zero attached hydrogens (tertiary/aromatic N) is 2. The van der Waals surface area contributed by atoms with Crippen LogP contribution in [0.1, 0.15) is 43.0 Å². The topological polar surface area (TPSA) is 40.6 Å². The molecule has 0 unspecified atom stereocenters. The fourth-order valence-corrected chi connectivity index (χ4v) is 4.07. The SMILES string of the molecule is CC(=O)N1CCC(N2CCC[C@@H](C(=O)c3ccc(Cl)cc3)C2)CC1. The maximum Gasteiger partial charge on any atom is 0.219 e. The number of hydrogen-bond acceptors (Lipinski definition) is 3. The lowest BCUT2D eigenvalue weighted by Crippen LogP contribution is -2.50. The molecule has 5 heteroatoms. The van der Waals surface area contributed by atoms with Gasteiger partial charge in [-0.2, -0.15) is 0 Å². The number of Topliss-reactive ketones (excluding diaryl/α,β-unsaturated/α-hetero) is 1. The van der Waals surface area contributed by atoms with Gasteiger partial charge in [-0.25, -0.2) is 0 Å². The van der Waals surface area contributed by atoms with Crippen LogP contribution in [0.25, 0.3) is 0 Å². The molecule has 4 nitrogen and oxygen atoms in total. The first-order chi connectivity index (χ1) is 11.5. The number of amides is 1. The lowest BCUT2D eigenvalue weighted by Gasteiger charge is -2.41. The van der Waals surface area contributed by atoms with Crippen molar-refractivity contribution in [3.8, 4) is 0 Å². The average Bonchev–Trinajstić information content (AvgIpc) is 2.62. The van der Waals surface area contributed by atoms with Gasteiger partial charge in [0.2, 0.25) is 5.91 Å². The van der Waals surface area contributed by atoms with E-state index < -0.39 is 0 Å². The van der Waals surface area contributed by atoms with Gasteiger partial charge in [-0.15, -0.1) is 0 Å². The number of benzene rings is 1. The van der Waals surface area contributed by atoms with E-state index in [-0.39, 0.29) is 17.6 Å². The summed E-state index contributed by atoms with van der Waals surface area (Å²) < 4.78 is 0. The van der Waals surface area contributed by atoms with Crippen LogP contribution in [0.15, 0.2) is 24.3 Å². The molecule has 130 valence electrons. The summed E-state index contributed by atoms with van der Waals surface area (Å²) in [5, 5.41) is 0.661. The molecular formula is C19H25ClN2O2. The number of carbonyl (C=O) groups excluding carboxylic acids is 2. The predicted molar refractivity (Wildman–Crippen MR) is 95.4 cm³/mol. The number of hydrogen-bond donors (Lipinski definition) is 0. The molecule has 1 aromatic carbocycles. The van der Waals surface area contributed by atoms with Gasteiger partial charge in [0, 0.05) is 49.1 Å². The minimum Gasteiger partial charge on any atom is -0.343 e. The van der Waals surface area contributed by atoms with Gasteiger partial charge in [-0.05, 0) is 56.5 Å². The summed E-state index contributed by atoms with van der Waals surface area (Å²) in [6.45, 7) is 5.22. The monoisotopic (exact) mass is 348 g/mol. The van der Waals surface area contributed by atoms with Gasteiger partial charge in [0.1, 0.15) is 0 Å². The lowest BCUT2D eigenvalue weighted by atomic mass is 9.88. The van der Waals surface area contributed by atoms with Crippen molar-refractivity contribution >= 4 is 23.3 Å². The molecule has 2 aliphatic heterocycles. The molecule has 0 spiro atoms. The highest BCUT2D eigenvalue weighted by molar-refractivity contribution is 6.30. The van der Waals surface area contributed by atoms with E-state index >= 15 is 0 Å². The molecule has 1 aromatic rings. The van der Waals surface area contributed by atoms with Crippen molar-refractivity contribution in [3.63, 3.8) is 0 Å². The number of likely N-dealkylation sites (tertiary alicyclic amines) is 2. The first kappa shape index (κ1) is 17.4. The molecule has 3 rings (SSSR count). The molecule has 2 fully saturated rings. The zero-order valence-electron chi connectivity index (χ0n) is 14.2. The molecule has 2 aliphatic rings. The van der Waals surface area contributed by atoms with Crippen LogP contribution in [0.2, 0.25) is 5.02 Å². The van der Waals surface area contributed by atoms with E-state index in [1.165, 1.54) is 0 Å². The van der Waals surface area contributed by atoms with Crippen LogP contribution in [0.3, 0.4) is 0 Å². The maximum absolute atomic E-state index is 12.8. The van der Waals surface area contributed by atoms with E-state index in [2.05, 4.69) is 4.90 Å². The van der Waals surface area contributed by atoms with Crippen molar-refractivity contribution in [2.24, 2.45) is 5.92 Å². The first-order valence-electron chi connectivity index (χ1n) is 8.84. The van der Waals surface area contributed by atoms with Gasteiger partial charge < -0.3 is 4.90 Å². The van der Waals surface area contributed by atoms with Crippen LogP contribution >= 0.6 is 11.6 Å². The van der Waals surface area contributed by atoms with E-state index in [1.54, 1.807) is 19.1 Å². The molecule has 0 radical (unpaired) electrons. The summed E-state index contributed by atoms with van der Waals surface area (Å²) in [7, 11) is 0. The normalized spacial score (nSPS) is 23.2. The second-order valence-corrected chi connectivity index (χ2v) is 7.38. The summed E-state index contributed by atoms with van der Waals surface area (Å²) in [6, 6.07) is 7.73. The Kier molecular flexibility index (Phi) is 5.57. The molecule has 24 heavy (non-hydrogen) atoms. The third-order valence-electron chi connectivity index (χ3n) is 5.38. The number of ketones is 1. The van der Waals surface area contributed by atoms with Crippen molar-refractivity contribution in [3.05, 3.63) is 34.9 Å². The minimum absolute atomic E-state index is 0.0748. The highest BCUT2D eigenvalue weighted by Gasteiger charge is 2.32. The van der Waals surface area contributed by atoms with E-state index in [4.69, 9.17) is 11.6 Å².